The van der Waals surface area contributed by atoms with Crippen molar-refractivity contribution >= 4 is 44.9 Å². The Bertz CT molecular complexity index is 3960. The van der Waals surface area contributed by atoms with Crippen molar-refractivity contribution in [3.8, 4) is 95.1 Å². The van der Waals surface area contributed by atoms with Crippen LogP contribution in [0.4, 0.5) is 0 Å². The fourth-order valence-corrected chi connectivity index (χ4v) is 11.3. The number of fused-ring (bicyclic) bond motifs is 7. The maximum atomic E-state index is 7.65. The van der Waals surface area contributed by atoms with Crippen molar-refractivity contribution in [1.82, 2.24) is 4.57 Å². The molecule has 0 unspecified atom stereocenters. The first-order valence-corrected chi connectivity index (χ1v) is 23.9. The summed E-state index contributed by atoms with van der Waals surface area (Å²) in [6.45, 7) is -0.161. The minimum absolute atomic E-state index is 0.161. The summed E-state index contributed by atoms with van der Waals surface area (Å²) >= 11 is 0. The number of benzene rings is 11. The molecule has 2 aliphatic heterocycles. The summed E-state index contributed by atoms with van der Waals surface area (Å²) in [5.41, 5.74) is 23.4. The lowest BCUT2D eigenvalue weighted by molar-refractivity contribution is 0.489. The molecule has 0 fully saturated rings. The highest BCUT2D eigenvalue weighted by Gasteiger charge is 2.42. The smallest absolute Gasteiger partial charge is 0.256 e. The molecule has 2 aliphatic rings. The lowest BCUT2D eigenvalue weighted by atomic mass is 9.34. The fourth-order valence-electron chi connectivity index (χ4n) is 11.3. The van der Waals surface area contributed by atoms with Crippen LogP contribution in [-0.4, -0.2) is 11.3 Å². The first-order chi connectivity index (χ1) is 34.2. The molecule has 0 saturated carbocycles. The third-order valence-electron chi connectivity index (χ3n) is 14.4. The number of nitrogens with zero attached hydrogens (tertiary/aromatic N) is 1. The topological polar surface area (TPSA) is 14.2 Å². The maximum Gasteiger partial charge on any atom is 0.256 e. The van der Waals surface area contributed by atoms with Gasteiger partial charge in [0.05, 0.1) is 5.52 Å². The highest BCUT2D eigenvalue weighted by Crippen LogP contribution is 2.47. The minimum atomic E-state index is -0.161. The van der Waals surface area contributed by atoms with Gasteiger partial charge >= 0.3 is 0 Å². The van der Waals surface area contributed by atoms with Crippen molar-refractivity contribution in [1.29, 1.82) is 0 Å². The summed E-state index contributed by atoms with van der Waals surface area (Å²) < 4.78 is 10.2. The number of hydrogen-bond donors (Lipinski definition) is 0. The Kier molecular flexibility index (Phi) is 9.03. The van der Waals surface area contributed by atoms with Crippen LogP contribution in [0.3, 0.4) is 0 Å². The monoisotopic (exact) mass is 875 g/mol. The van der Waals surface area contributed by atoms with E-state index in [-0.39, 0.29) is 6.71 Å². The number of ether oxygens (including phenoxy) is 1. The zero-order chi connectivity index (χ0) is 45.4. The molecule has 0 bridgehead atoms. The van der Waals surface area contributed by atoms with E-state index in [1.165, 1.54) is 71.7 Å². The molecule has 0 amide bonds. The molecule has 1 aromatic heterocycles. The largest absolute Gasteiger partial charge is 0.458 e. The molecule has 14 rings (SSSR count). The molecule has 3 heterocycles. The normalized spacial score (nSPS) is 12.1. The van der Waals surface area contributed by atoms with Crippen LogP contribution in [0.1, 0.15) is 0 Å². The highest BCUT2D eigenvalue weighted by molar-refractivity contribution is 6.99. The molecule has 12 aromatic rings. The SMILES string of the molecule is c1ccc(-c2cc3c4c(c2)-n2c5ccc(-c6ccccc6)cc5c5cc(-c6ccccc6)cc(c52)B4c2cc(-c4ccccc4-c4ccccc4)cc(-c4ccccc4-c4ccccc4)c2O3)cc1. The molecule has 3 heteroatoms. The predicted molar refractivity (Wildman–Crippen MR) is 290 cm³/mol. The lowest BCUT2D eigenvalue weighted by Crippen LogP contribution is -2.58. The Morgan fingerprint density at radius 3 is 1.36 bits per heavy atom. The van der Waals surface area contributed by atoms with Crippen LogP contribution >= 0.6 is 0 Å². The van der Waals surface area contributed by atoms with Crippen molar-refractivity contribution < 1.29 is 4.74 Å². The first-order valence-electron chi connectivity index (χ1n) is 23.9. The summed E-state index contributed by atoms with van der Waals surface area (Å²) in [4.78, 5) is 0. The van der Waals surface area contributed by atoms with E-state index in [9.17, 15) is 0 Å². The molecule has 320 valence electrons. The second-order valence-electron chi connectivity index (χ2n) is 18.3. The van der Waals surface area contributed by atoms with Gasteiger partial charge in [-0.25, -0.2) is 0 Å². The van der Waals surface area contributed by atoms with Crippen LogP contribution in [0.2, 0.25) is 0 Å². The van der Waals surface area contributed by atoms with Gasteiger partial charge in [-0.15, -0.1) is 0 Å². The molecule has 0 spiro atoms. The zero-order valence-corrected chi connectivity index (χ0v) is 37.7. The summed E-state index contributed by atoms with van der Waals surface area (Å²) in [6.07, 6.45) is 0. The molecule has 0 radical (unpaired) electrons. The summed E-state index contributed by atoms with van der Waals surface area (Å²) in [5, 5.41) is 2.47. The van der Waals surface area contributed by atoms with Gasteiger partial charge in [0, 0.05) is 27.5 Å². The van der Waals surface area contributed by atoms with Gasteiger partial charge in [0.25, 0.3) is 6.71 Å². The van der Waals surface area contributed by atoms with Gasteiger partial charge in [-0.05, 0) is 125 Å². The van der Waals surface area contributed by atoms with E-state index in [4.69, 9.17) is 4.74 Å². The Morgan fingerprint density at radius 1 is 0.304 bits per heavy atom. The molecule has 69 heavy (non-hydrogen) atoms. The van der Waals surface area contributed by atoms with E-state index in [0.29, 0.717) is 0 Å². The molecule has 2 nitrogen and oxygen atoms in total. The maximum absolute atomic E-state index is 7.65. The third kappa shape index (κ3) is 6.35. The van der Waals surface area contributed by atoms with Crippen LogP contribution in [0.25, 0.3) is 105 Å². The van der Waals surface area contributed by atoms with E-state index in [0.717, 1.165) is 61.6 Å². The second kappa shape index (κ2) is 15.9. The number of rotatable bonds is 7. The first kappa shape index (κ1) is 39.3. The highest BCUT2D eigenvalue weighted by atomic mass is 16.5. The average Bonchev–Trinajstić information content (AvgIpc) is 3.76. The second-order valence-corrected chi connectivity index (χ2v) is 18.3. The predicted octanol–water partition coefficient (Wildman–Crippen LogP) is 15.4. The van der Waals surface area contributed by atoms with Crippen LogP contribution in [0, 0.1) is 0 Å². The fraction of sp³-hybridized carbons (Fsp3) is 0. The zero-order valence-electron chi connectivity index (χ0n) is 37.7. The van der Waals surface area contributed by atoms with Crippen LogP contribution in [0.5, 0.6) is 11.5 Å². The summed E-state index contributed by atoms with van der Waals surface area (Å²) in [7, 11) is 0. The summed E-state index contributed by atoms with van der Waals surface area (Å²) in [6, 6.07) is 93.1. The van der Waals surface area contributed by atoms with E-state index >= 15 is 0 Å². The van der Waals surface area contributed by atoms with Crippen molar-refractivity contribution in [2.45, 2.75) is 0 Å². The average molecular weight is 876 g/mol. The minimum Gasteiger partial charge on any atom is -0.458 e. The van der Waals surface area contributed by atoms with Gasteiger partial charge in [0.2, 0.25) is 0 Å². The number of aromatic nitrogens is 1. The molecule has 11 aromatic carbocycles. The van der Waals surface area contributed by atoms with Gasteiger partial charge in [-0.2, -0.15) is 0 Å². The van der Waals surface area contributed by atoms with E-state index in [2.05, 4.69) is 259 Å². The molecule has 0 aliphatic carbocycles. The van der Waals surface area contributed by atoms with Gasteiger partial charge in [0.15, 0.2) is 0 Å². The van der Waals surface area contributed by atoms with Crippen LogP contribution in [-0.2, 0) is 0 Å². The Hall–Kier alpha value is -8.92. The van der Waals surface area contributed by atoms with Gasteiger partial charge in [-0.3, -0.25) is 0 Å². The number of hydrogen-bond acceptors (Lipinski definition) is 1. The van der Waals surface area contributed by atoms with E-state index in [1.807, 2.05) is 0 Å². The van der Waals surface area contributed by atoms with Crippen LogP contribution in [0.15, 0.2) is 255 Å². The molecular formula is C66H42BNO. The van der Waals surface area contributed by atoms with Gasteiger partial charge < -0.3 is 9.30 Å². The van der Waals surface area contributed by atoms with Gasteiger partial charge in [-0.1, -0.05) is 218 Å². The Balaban J connectivity index is 1.13. The van der Waals surface area contributed by atoms with Crippen molar-refractivity contribution in [2.24, 2.45) is 0 Å². The standard InChI is InChI=1S/C66H42BNO/c1-6-20-43(21-7-1)48-34-35-61-56(36-48)57-37-49(44-22-8-2-9-23-44)39-59-65(57)68(61)62-41-50(45-24-10-3-11-25-45)42-63-64(62)67(59)60-40-51(54-32-17-16-30-52(54)46-26-12-4-13-27-46)38-58(66(60)69-63)55-33-19-18-31-53(55)47-28-14-5-15-29-47/h1-42H. The summed E-state index contributed by atoms with van der Waals surface area (Å²) in [5.74, 6) is 1.77. The Morgan fingerprint density at radius 2 is 0.768 bits per heavy atom. The lowest BCUT2D eigenvalue weighted by Gasteiger charge is -2.35. The van der Waals surface area contributed by atoms with Crippen LogP contribution < -0.4 is 21.1 Å². The molecule has 0 saturated heterocycles. The van der Waals surface area contributed by atoms with Crippen molar-refractivity contribution in [3.05, 3.63) is 255 Å². The molecular weight excluding hydrogens is 834 g/mol. The molecule has 0 atom stereocenters. The Labute approximate surface area is 402 Å². The molecule has 0 N–H and O–H groups in total. The van der Waals surface area contributed by atoms with E-state index in [1.54, 1.807) is 0 Å². The van der Waals surface area contributed by atoms with Crippen molar-refractivity contribution in [3.63, 3.8) is 0 Å². The van der Waals surface area contributed by atoms with Gasteiger partial charge in [0.1, 0.15) is 11.5 Å². The van der Waals surface area contributed by atoms with Crippen molar-refractivity contribution in [2.75, 3.05) is 0 Å². The quantitative estimate of drug-likeness (QED) is 0.146. The van der Waals surface area contributed by atoms with E-state index < -0.39 is 0 Å². The third-order valence-corrected chi connectivity index (χ3v) is 14.4.